The molecule has 3 aromatic heterocycles. The Kier molecular flexibility index (Phi) is 4.03. The largest absolute Gasteiger partial charge is 0.307 e. The highest BCUT2D eigenvalue weighted by atomic mass is 32.1. The lowest BCUT2D eigenvalue weighted by molar-refractivity contribution is -0.115. The molecule has 0 aliphatic heterocycles. The number of imidazole rings is 1. The van der Waals surface area contributed by atoms with Gasteiger partial charge in [0, 0.05) is 23.3 Å². The molecule has 0 fully saturated rings. The number of nitrogens with one attached hydrogen (secondary N) is 1. The lowest BCUT2D eigenvalue weighted by atomic mass is 10.2. The number of rotatable bonds is 4. The summed E-state index contributed by atoms with van der Waals surface area (Å²) in [5.41, 5.74) is 4.61. The molecule has 0 aliphatic carbocycles. The molecule has 0 spiro atoms. The Morgan fingerprint density at radius 2 is 2.00 bits per heavy atom. The van der Waals surface area contributed by atoms with Gasteiger partial charge in [-0.15, -0.1) is 11.3 Å². The monoisotopic (exact) mass is 348 g/mol. The molecule has 0 aliphatic rings. The number of aromatic nitrogens is 3. The number of nitrogens with zero attached hydrogens (tertiary/aromatic N) is 3. The summed E-state index contributed by atoms with van der Waals surface area (Å²) in [6.45, 7) is 2.01. The molecule has 3 heterocycles. The van der Waals surface area contributed by atoms with Crippen LogP contribution in [0.1, 0.15) is 11.3 Å². The van der Waals surface area contributed by atoms with Crippen molar-refractivity contribution in [2.24, 2.45) is 0 Å². The molecule has 0 bridgehead atoms. The van der Waals surface area contributed by atoms with E-state index in [0.29, 0.717) is 5.13 Å². The minimum atomic E-state index is -0.116. The van der Waals surface area contributed by atoms with Gasteiger partial charge in [-0.1, -0.05) is 36.4 Å². The Balaban J connectivity index is 1.47. The van der Waals surface area contributed by atoms with Crippen LogP contribution in [0.25, 0.3) is 16.9 Å². The third-order valence-electron chi connectivity index (χ3n) is 3.89. The van der Waals surface area contributed by atoms with Gasteiger partial charge in [0.1, 0.15) is 5.65 Å². The van der Waals surface area contributed by atoms with Crippen molar-refractivity contribution in [1.82, 2.24) is 14.4 Å². The molecule has 4 rings (SSSR count). The number of carbonyl (C=O) groups is 1. The topological polar surface area (TPSA) is 59.3 Å². The van der Waals surface area contributed by atoms with E-state index in [0.717, 1.165) is 28.2 Å². The predicted molar refractivity (Wildman–Crippen MR) is 99.8 cm³/mol. The molecule has 0 atom stereocenters. The average molecular weight is 348 g/mol. The molecule has 1 amide bonds. The maximum Gasteiger partial charge on any atom is 0.232 e. The quantitative estimate of drug-likeness (QED) is 0.607. The van der Waals surface area contributed by atoms with Crippen LogP contribution in [0, 0.1) is 6.92 Å². The molecule has 0 unspecified atom stereocenters. The summed E-state index contributed by atoms with van der Waals surface area (Å²) in [5.74, 6) is -0.116. The predicted octanol–water partition coefficient (Wildman–Crippen LogP) is 3.95. The second-order valence-electron chi connectivity index (χ2n) is 5.78. The second kappa shape index (κ2) is 6.49. The van der Waals surface area contributed by atoms with Crippen LogP contribution >= 0.6 is 11.3 Å². The number of amides is 1. The van der Waals surface area contributed by atoms with E-state index in [-0.39, 0.29) is 12.3 Å². The second-order valence-corrected chi connectivity index (χ2v) is 6.64. The Morgan fingerprint density at radius 3 is 2.80 bits per heavy atom. The molecule has 1 N–H and O–H groups in total. The summed E-state index contributed by atoms with van der Waals surface area (Å²) in [6, 6.07) is 13.9. The van der Waals surface area contributed by atoms with E-state index in [9.17, 15) is 4.79 Å². The lowest BCUT2D eigenvalue weighted by Gasteiger charge is -1.99. The van der Waals surface area contributed by atoms with E-state index in [2.05, 4.69) is 15.3 Å². The minimum absolute atomic E-state index is 0.116. The average Bonchev–Trinajstić information content (AvgIpc) is 3.23. The van der Waals surface area contributed by atoms with Gasteiger partial charge in [-0.25, -0.2) is 9.97 Å². The molecule has 4 aromatic rings. The van der Waals surface area contributed by atoms with E-state index in [1.807, 2.05) is 71.6 Å². The maximum absolute atomic E-state index is 12.3. The van der Waals surface area contributed by atoms with Crippen molar-refractivity contribution in [3.05, 3.63) is 71.5 Å². The van der Waals surface area contributed by atoms with Gasteiger partial charge in [0.25, 0.3) is 0 Å². The number of fused-ring (bicyclic) bond motifs is 1. The zero-order valence-corrected chi connectivity index (χ0v) is 14.5. The Bertz CT molecular complexity index is 1040. The van der Waals surface area contributed by atoms with Crippen molar-refractivity contribution in [2.75, 3.05) is 5.32 Å². The number of anilines is 1. The zero-order chi connectivity index (χ0) is 17.2. The van der Waals surface area contributed by atoms with Crippen molar-refractivity contribution >= 4 is 28.0 Å². The van der Waals surface area contributed by atoms with Crippen molar-refractivity contribution in [1.29, 1.82) is 0 Å². The van der Waals surface area contributed by atoms with Crippen LogP contribution < -0.4 is 5.32 Å². The van der Waals surface area contributed by atoms with Crippen molar-refractivity contribution in [3.63, 3.8) is 0 Å². The van der Waals surface area contributed by atoms with Gasteiger partial charge in [-0.3, -0.25) is 4.79 Å². The van der Waals surface area contributed by atoms with E-state index < -0.39 is 0 Å². The summed E-state index contributed by atoms with van der Waals surface area (Å²) in [7, 11) is 0. The van der Waals surface area contributed by atoms with Crippen LogP contribution in [0.5, 0.6) is 0 Å². The lowest BCUT2D eigenvalue weighted by Crippen LogP contribution is -2.14. The summed E-state index contributed by atoms with van der Waals surface area (Å²) in [5, 5.41) is 5.40. The SMILES string of the molecule is Cc1cccn2cc(CC(=O)Nc3nc(-c4ccccc4)cs3)nc12. The Labute approximate surface area is 149 Å². The first-order valence-electron chi connectivity index (χ1n) is 7.93. The van der Waals surface area contributed by atoms with Crippen LogP contribution in [0.3, 0.4) is 0 Å². The van der Waals surface area contributed by atoms with E-state index in [1.54, 1.807) is 0 Å². The number of pyridine rings is 1. The van der Waals surface area contributed by atoms with E-state index in [1.165, 1.54) is 11.3 Å². The Morgan fingerprint density at radius 1 is 1.16 bits per heavy atom. The van der Waals surface area contributed by atoms with Crippen LogP contribution in [0.15, 0.2) is 60.2 Å². The zero-order valence-electron chi connectivity index (χ0n) is 13.6. The fourth-order valence-electron chi connectivity index (χ4n) is 2.69. The number of aryl methyl sites for hydroxylation is 1. The summed E-state index contributed by atoms with van der Waals surface area (Å²) in [4.78, 5) is 21.3. The van der Waals surface area contributed by atoms with Gasteiger partial charge in [-0.2, -0.15) is 0 Å². The molecule has 0 radical (unpaired) electrons. The molecule has 0 saturated heterocycles. The highest BCUT2D eigenvalue weighted by molar-refractivity contribution is 7.14. The first-order chi connectivity index (χ1) is 12.2. The van der Waals surface area contributed by atoms with E-state index in [4.69, 9.17) is 0 Å². The third-order valence-corrected chi connectivity index (χ3v) is 4.65. The molecule has 6 heteroatoms. The Hall–Kier alpha value is -2.99. The summed E-state index contributed by atoms with van der Waals surface area (Å²) < 4.78 is 1.94. The molecule has 1 aromatic carbocycles. The minimum Gasteiger partial charge on any atom is -0.307 e. The van der Waals surface area contributed by atoms with E-state index >= 15 is 0 Å². The van der Waals surface area contributed by atoms with Crippen LogP contribution in [-0.4, -0.2) is 20.3 Å². The molecule has 124 valence electrons. The van der Waals surface area contributed by atoms with Gasteiger partial charge in [0.15, 0.2) is 5.13 Å². The van der Waals surface area contributed by atoms with Crippen molar-refractivity contribution in [3.8, 4) is 11.3 Å². The van der Waals surface area contributed by atoms with Crippen LogP contribution in [-0.2, 0) is 11.2 Å². The van der Waals surface area contributed by atoms with Gasteiger partial charge in [0.05, 0.1) is 17.8 Å². The van der Waals surface area contributed by atoms with Gasteiger partial charge >= 0.3 is 0 Å². The van der Waals surface area contributed by atoms with Crippen molar-refractivity contribution in [2.45, 2.75) is 13.3 Å². The first-order valence-corrected chi connectivity index (χ1v) is 8.81. The van der Waals surface area contributed by atoms with Crippen molar-refractivity contribution < 1.29 is 4.79 Å². The fraction of sp³-hybridized carbons (Fsp3) is 0.105. The highest BCUT2D eigenvalue weighted by Crippen LogP contribution is 2.24. The molecule has 5 nitrogen and oxygen atoms in total. The highest BCUT2D eigenvalue weighted by Gasteiger charge is 2.11. The molecular weight excluding hydrogens is 332 g/mol. The third kappa shape index (κ3) is 3.29. The number of carbonyl (C=O) groups excluding carboxylic acids is 1. The first kappa shape index (κ1) is 15.5. The number of hydrogen-bond donors (Lipinski definition) is 1. The molecular formula is C19H16N4OS. The summed E-state index contributed by atoms with van der Waals surface area (Å²) >= 11 is 1.42. The molecule has 25 heavy (non-hydrogen) atoms. The van der Waals surface area contributed by atoms with Crippen LogP contribution in [0.2, 0.25) is 0 Å². The van der Waals surface area contributed by atoms with Gasteiger partial charge in [0.2, 0.25) is 5.91 Å². The maximum atomic E-state index is 12.3. The van der Waals surface area contributed by atoms with Crippen LogP contribution in [0.4, 0.5) is 5.13 Å². The fourth-order valence-corrected chi connectivity index (χ4v) is 3.43. The van der Waals surface area contributed by atoms with Gasteiger partial charge < -0.3 is 9.72 Å². The number of thiazole rings is 1. The summed E-state index contributed by atoms with van der Waals surface area (Å²) in [6.07, 6.45) is 4.05. The standard InChI is InChI=1S/C19H16N4OS/c1-13-6-5-9-23-11-15(20-18(13)23)10-17(24)22-19-21-16(12-25-19)14-7-3-2-4-8-14/h2-9,11-12H,10H2,1H3,(H,21,22,24). The smallest absolute Gasteiger partial charge is 0.232 e. The number of benzene rings is 1. The normalized spacial score (nSPS) is 10.9. The van der Waals surface area contributed by atoms with Gasteiger partial charge in [-0.05, 0) is 18.6 Å². The molecule has 0 saturated carbocycles. The number of hydrogen-bond acceptors (Lipinski definition) is 4.